The Labute approximate surface area is 189 Å². The molecule has 0 aliphatic carbocycles. The quantitative estimate of drug-likeness (QED) is 0.179. The van der Waals surface area contributed by atoms with Crippen LogP contribution in [0.5, 0.6) is 0 Å². The summed E-state index contributed by atoms with van der Waals surface area (Å²) in [5.41, 5.74) is 1.18. The summed E-state index contributed by atoms with van der Waals surface area (Å²) in [7, 11) is -2.75. The summed E-state index contributed by atoms with van der Waals surface area (Å²) in [5.74, 6) is -0.832. The number of rotatable bonds is 12. The van der Waals surface area contributed by atoms with Gasteiger partial charge in [0, 0.05) is 0 Å². The SMILES string of the molecule is CCCOP(=O)(OCCC)N(Cc1ccccc1)C(=C(C#N)C(=O)OC)c1ccccc1. The molecule has 2 aromatic carbocycles. The van der Waals surface area contributed by atoms with Gasteiger partial charge in [-0.15, -0.1) is 0 Å². The number of carbonyl (C=O) groups excluding carboxylic acids is 1. The molecule has 0 aliphatic heterocycles. The average Bonchev–Trinajstić information content (AvgIpc) is 2.84. The maximum absolute atomic E-state index is 14.2. The molecule has 0 saturated heterocycles. The van der Waals surface area contributed by atoms with Crippen LogP contribution in [0.2, 0.25) is 0 Å². The van der Waals surface area contributed by atoms with Crippen LogP contribution in [0.25, 0.3) is 5.70 Å². The van der Waals surface area contributed by atoms with Crippen LogP contribution in [0, 0.1) is 11.3 Å². The molecule has 0 saturated carbocycles. The molecule has 0 aromatic heterocycles. The van der Waals surface area contributed by atoms with Gasteiger partial charge in [-0.3, -0.25) is 13.7 Å². The summed E-state index contributed by atoms with van der Waals surface area (Å²) >= 11 is 0. The highest BCUT2D eigenvalue weighted by Gasteiger charge is 2.38. The molecule has 0 heterocycles. The fourth-order valence-electron chi connectivity index (χ4n) is 2.95. The predicted molar refractivity (Wildman–Crippen MR) is 123 cm³/mol. The largest absolute Gasteiger partial charge is 0.465 e. The topological polar surface area (TPSA) is 88.9 Å². The number of hydrogen-bond donors (Lipinski definition) is 0. The van der Waals surface area contributed by atoms with Gasteiger partial charge in [-0.1, -0.05) is 74.5 Å². The lowest BCUT2D eigenvalue weighted by Crippen LogP contribution is -2.25. The molecule has 7 nitrogen and oxygen atoms in total. The van der Waals surface area contributed by atoms with Gasteiger partial charge in [0.05, 0.1) is 32.6 Å². The molecule has 0 fully saturated rings. The molecular formula is C24H29N2O5P. The third-order valence-corrected chi connectivity index (χ3v) is 6.38. The first-order chi connectivity index (χ1) is 15.5. The lowest BCUT2D eigenvalue weighted by molar-refractivity contribution is -0.135. The molecule has 8 heteroatoms. The molecule has 2 aromatic rings. The van der Waals surface area contributed by atoms with Crippen LogP contribution in [0.15, 0.2) is 66.2 Å². The van der Waals surface area contributed by atoms with E-state index < -0.39 is 13.7 Å². The van der Waals surface area contributed by atoms with E-state index in [0.29, 0.717) is 18.4 Å². The molecule has 0 spiro atoms. The number of hydrogen-bond acceptors (Lipinski definition) is 6. The second kappa shape index (κ2) is 12.8. The summed E-state index contributed by atoms with van der Waals surface area (Å²) in [5, 5.41) is 9.89. The minimum atomic E-state index is -3.95. The number of nitriles is 1. The Morgan fingerprint density at radius 3 is 1.97 bits per heavy atom. The highest BCUT2D eigenvalue weighted by Crippen LogP contribution is 2.57. The number of carbonyl (C=O) groups is 1. The Morgan fingerprint density at radius 2 is 1.50 bits per heavy atom. The Bertz CT molecular complexity index is 974. The van der Waals surface area contributed by atoms with Gasteiger partial charge < -0.3 is 4.74 Å². The number of esters is 1. The lowest BCUT2D eigenvalue weighted by Gasteiger charge is -2.34. The summed E-state index contributed by atoms with van der Waals surface area (Å²) in [6.45, 7) is 4.27. The molecule has 2 rings (SSSR count). The van der Waals surface area contributed by atoms with Crippen molar-refractivity contribution in [2.75, 3.05) is 20.3 Å². The van der Waals surface area contributed by atoms with Gasteiger partial charge in [0.15, 0.2) is 5.57 Å². The zero-order chi connectivity index (χ0) is 23.4. The van der Waals surface area contributed by atoms with Crippen molar-refractivity contribution in [3.63, 3.8) is 0 Å². The average molecular weight is 456 g/mol. The van der Waals surface area contributed by atoms with Crippen LogP contribution >= 0.6 is 7.75 Å². The molecule has 0 amide bonds. The van der Waals surface area contributed by atoms with E-state index in [2.05, 4.69) is 0 Å². The van der Waals surface area contributed by atoms with Gasteiger partial charge in [0.1, 0.15) is 6.07 Å². The Kier molecular flexibility index (Phi) is 10.2. The highest BCUT2D eigenvalue weighted by atomic mass is 31.2. The van der Waals surface area contributed by atoms with Gasteiger partial charge in [-0.2, -0.15) is 5.26 Å². The minimum Gasteiger partial charge on any atom is -0.465 e. The second-order valence-corrected chi connectivity index (χ2v) is 8.81. The maximum atomic E-state index is 14.2. The zero-order valence-electron chi connectivity index (χ0n) is 18.7. The van der Waals surface area contributed by atoms with E-state index in [-0.39, 0.29) is 31.0 Å². The monoisotopic (exact) mass is 456 g/mol. The van der Waals surface area contributed by atoms with Crippen molar-refractivity contribution in [1.29, 1.82) is 5.26 Å². The van der Waals surface area contributed by atoms with Gasteiger partial charge >= 0.3 is 13.7 Å². The number of methoxy groups -OCH3 is 1. The molecule has 0 bridgehead atoms. The van der Waals surface area contributed by atoms with Gasteiger partial charge in [-0.05, 0) is 24.0 Å². The fourth-order valence-corrected chi connectivity index (χ4v) is 4.93. The molecule has 0 radical (unpaired) electrons. The molecule has 0 unspecified atom stereocenters. The van der Waals surface area contributed by atoms with Crippen molar-refractivity contribution < 1.29 is 23.1 Å². The summed E-state index contributed by atoms with van der Waals surface area (Å²) in [6.07, 6.45) is 1.23. The van der Waals surface area contributed by atoms with Gasteiger partial charge in [0.25, 0.3) is 0 Å². The first-order valence-electron chi connectivity index (χ1n) is 10.5. The van der Waals surface area contributed by atoms with E-state index in [9.17, 15) is 14.6 Å². The first-order valence-corrected chi connectivity index (χ1v) is 12.0. The van der Waals surface area contributed by atoms with Crippen molar-refractivity contribution in [2.45, 2.75) is 33.2 Å². The second-order valence-electron chi connectivity index (χ2n) is 6.87. The van der Waals surface area contributed by atoms with E-state index in [4.69, 9.17) is 13.8 Å². The number of benzene rings is 2. The van der Waals surface area contributed by atoms with Crippen molar-refractivity contribution in [1.82, 2.24) is 4.67 Å². The van der Waals surface area contributed by atoms with Crippen molar-refractivity contribution in [2.24, 2.45) is 0 Å². The van der Waals surface area contributed by atoms with E-state index in [1.807, 2.05) is 56.3 Å². The van der Waals surface area contributed by atoms with Crippen molar-refractivity contribution >= 4 is 19.4 Å². The molecule has 32 heavy (non-hydrogen) atoms. The minimum absolute atomic E-state index is 0.0952. The lowest BCUT2D eigenvalue weighted by atomic mass is 10.1. The van der Waals surface area contributed by atoms with Crippen molar-refractivity contribution in [3.8, 4) is 6.07 Å². The summed E-state index contributed by atoms with van der Waals surface area (Å²) in [4.78, 5) is 12.6. The van der Waals surface area contributed by atoms with E-state index in [1.54, 1.807) is 24.3 Å². The summed E-state index contributed by atoms with van der Waals surface area (Å²) in [6, 6.07) is 20.1. The van der Waals surface area contributed by atoms with Crippen LogP contribution in [0.4, 0.5) is 0 Å². The predicted octanol–water partition coefficient (Wildman–Crippen LogP) is 5.56. The third kappa shape index (κ3) is 6.54. The Hall–Kier alpha value is -2.91. The van der Waals surface area contributed by atoms with Gasteiger partial charge in [-0.25, -0.2) is 9.36 Å². The number of ether oxygens (including phenoxy) is 1. The normalized spacial score (nSPS) is 11.9. The van der Waals surface area contributed by atoms with Gasteiger partial charge in [0.2, 0.25) is 0 Å². The molecular weight excluding hydrogens is 427 g/mol. The first kappa shape index (κ1) is 25.4. The standard InChI is InChI=1S/C24H29N2O5P/c1-4-16-30-32(28,31-17-5-2)26(19-20-12-8-6-9-13-20)23(21-14-10-7-11-15-21)22(18-25)24(27)29-3/h6-15H,4-5,16-17,19H2,1-3H3. The van der Waals surface area contributed by atoms with Crippen LogP contribution in [0.1, 0.15) is 37.8 Å². The van der Waals surface area contributed by atoms with E-state index in [0.717, 1.165) is 5.56 Å². The molecule has 0 N–H and O–H groups in total. The molecule has 170 valence electrons. The molecule has 0 atom stereocenters. The van der Waals surface area contributed by atoms with Crippen LogP contribution in [-0.4, -0.2) is 31.0 Å². The fraction of sp³-hybridized carbons (Fsp3) is 0.333. The van der Waals surface area contributed by atoms with Crippen LogP contribution < -0.4 is 0 Å². The highest BCUT2D eigenvalue weighted by molar-refractivity contribution is 7.51. The van der Waals surface area contributed by atoms with Crippen molar-refractivity contribution in [3.05, 3.63) is 77.4 Å². The maximum Gasteiger partial charge on any atom is 0.435 e. The van der Waals surface area contributed by atoms with Crippen LogP contribution in [-0.2, 0) is 29.7 Å². The zero-order valence-corrected chi connectivity index (χ0v) is 19.6. The summed E-state index contributed by atoms with van der Waals surface area (Å²) < 4.78 is 32.0. The Morgan fingerprint density at radius 1 is 0.969 bits per heavy atom. The third-order valence-electron chi connectivity index (χ3n) is 4.43. The Balaban J connectivity index is 2.79. The smallest absolute Gasteiger partial charge is 0.435 e. The molecule has 0 aliphatic rings. The van der Waals surface area contributed by atoms with E-state index >= 15 is 0 Å². The van der Waals surface area contributed by atoms with E-state index in [1.165, 1.54) is 11.8 Å². The van der Waals surface area contributed by atoms with Crippen LogP contribution in [0.3, 0.4) is 0 Å². The number of nitrogens with zero attached hydrogens (tertiary/aromatic N) is 2.